The van der Waals surface area contributed by atoms with Crippen LogP contribution in [0, 0.1) is 5.82 Å². The summed E-state index contributed by atoms with van der Waals surface area (Å²) >= 11 is 4.77. The normalized spacial score (nSPS) is 12.7. The molecule has 0 fully saturated rings. The fraction of sp³-hybridized carbons (Fsp3) is 0.250. The van der Waals surface area contributed by atoms with Crippen LogP contribution in [0.3, 0.4) is 0 Å². The second-order valence-corrected chi connectivity index (χ2v) is 5.72. The smallest absolute Gasteiger partial charge is 0.133 e. The summed E-state index contributed by atoms with van der Waals surface area (Å²) < 4.78 is 14.5. The van der Waals surface area contributed by atoms with Crippen molar-refractivity contribution in [1.82, 2.24) is 4.98 Å². The first-order valence-corrected chi connectivity index (χ1v) is 6.89. The van der Waals surface area contributed by atoms with Gasteiger partial charge in [0.05, 0.1) is 5.69 Å². The molecule has 2 rings (SSSR count). The SMILES string of the molecule is CC(N)Cc1csc(-c2cc(Br)ccc2F)n1. The third-order valence-electron chi connectivity index (χ3n) is 2.24. The molecule has 90 valence electrons. The molecule has 0 saturated heterocycles. The van der Waals surface area contributed by atoms with Crippen LogP contribution >= 0.6 is 27.3 Å². The average Bonchev–Trinajstić information content (AvgIpc) is 2.69. The molecule has 1 aromatic carbocycles. The third kappa shape index (κ3) is 3.12. The Balaban J connectivity index is 2.33. The van der Waals surface area contributed by atoms with Crippen LogP contribution in [0.2, 0.25) is 0 Å². The Morgan fingerprint density at radius 1 is 1.53 bits per heavy atom. The Morgan fingerprint density at radius 2 is 2.29 bits per heavy atom. The zero-order chi connectivity index (χ0) is 12.4. The van der Waals surface area contributed by atoms with Gasteiger partial charge in [0.15, 0.2) is 0 Å². The zero-order valence-electron chi connectivity index (χ0n) is 9.28. The van der Waals surface area contributed by atoms with Gasteiger partial charge in [0, 0.05) is 27.9 Å². The van der Waals surface area contributed by atoms with Crippen LogP contribution in [-0.4, -0.2) is 11.0 Å². The van der Waals surface area contributed by atoms with Crippen LogP contribution in [0.4, 0.5) is 4.39 Å². The maximum atomic E-state index is 13.6. The molecule has 0 aliphatic carbocycles. The van der Waals surface area contributed by atoms with Crippen molar-refractivity contribution >= 4 is 27.3 Å². The van der Waals surface area contributed by atoms with Crippen molar-refractivity contribution in [3.8, 4) is 10.6 Å². The summed E-state index contributed by atoms with van der Waals surface area (Å²) in [7, 11) is 0. The first kappa shape index (κ1) is 12.7. The van der Waals surface area contributed by atoms with E-state index in [1.807, 2.05) is 12.3 Å². The van der Waals surface area contributed by atoms with Crippen LogP contribution in [0.1, 0.15) is 12.6 Å². The van der Waals surface area contributed by atoms with E-state index in [0.29, 0.717) is 17.0 Å². The molecule has 0 saturated carbocycles. The summed E-state index contributed by atoms with van der Waals surface area (Å²) in [6, 6.07) is 4.92. The van der Waals surface area contributed by atoms with Gasteiger partial charge in [-0.1, -0.05) is 15.9 Å². The van der Waals surface area contributed by atoms with Crippen LogP contribution in [0.5, 0.6) is 0 Å². The largest absolute Gasteiger partial charge is 0.328 e. The molecule has 0 bridgehead atoms. The summed E-state index contributed by atoms with van der Waals surface area (Å²) in [5.41, 5.74) is 7.15. The van der Waals surface area contributed by atoms with E-state index in [2.05, 4.69) is 20.9 Å². The lowest BCUT2D eigenvalue weighted by Gasteiger charge is -2.01. The second kappa shape index (κ2) is 5.25. The third-order valence-corrected chi connectivity index (χ3v) is 3.66. The zero-order valence-corrected chi connectivity index (χ0v) is 11.7. The van der Waals surface area contributed by atoms with Gasteiger partial charge in [0.1, 0.15) is 10.8 Å². The molecule has 2 nitrogen and oxygen atoms in total. The van der Waals surface area contributed by atoms with Gasteiger partial charge in [0.25, 0.3) is 0 Å². The number of hydrogen-bond donors (Lipinski definition) is 1. The molecule has 1 unspecified atom stereocenters. The number of halogens is 2. The van der Waals surface area contributed by atoms with Gasteiger partial charge in [-0.2, -0.15) is 0 Å². The second-order valence-electron chi connectivity index (χ2n) is 3.95. The maximum Gasteiger partial charge on any atom is 0.133 e. The minimum Gasteiger partial charge on any atom is -0.328 e. The van der Waals surface area contributed by atoms with Crippen LogP contribution in [0.25, 0.3) is 10.6 Å². The first-order valence-electron chi connectivity index (χ1n) is 5.21. The summed E-state index contributed by atoms with van der Waals surface area (Å²) in [6.45, 7) is 1.93. The minimum absolute atomic E-state index is 0.0670. The lowest BCUT2D eigenvalue weighted by Crippen LogP contribution is -2.17. The molecular weight excluding hydrogens is 303 g/mol. The lowest BCUT2D eigenvalue weighted by molar-refractivity contribution is 0.631. The average molecular weight is 315 g/mol. The molecule has 1 heterocycles. The highest BCUT2D eigenvalue weighted by molar-refractivity contribution is 9.10. The quantitative estimate of drug-likeness (QED) is 0.940. The van der Waals surface area contributed by atoms with Crippen molar-refractivity contribution in [1.29, 1.82) is 0 Å². The Morgan fingerprint density at radius 3 is 3.00 bits per heavy atom. The van der Waals surface area contributed by atoms with Gasteiger partial charge in [-0.05, 0) is 25.1 Å². The van der Waals surface area contributed by atoms with Gasteiger partial charge in [-0.25, -0.2) is 9.37 Å². The van der Waals surface area contributed by atoms with E-state index in [1.165, 1.54) is 17.4 Å². The van der Waals surface area contributed by atoms with Crippen LogP contribution in [-0.2, 0) is 6.42 Å². The number of hydrogen-bond acceptors (Lipinski definition) is 3. The predicted octanol–water partition coefficient (Wildman–Crippen LogP) is 3.60. The highest BCUT2D eigenvalue weighted by atomic mass is 79.9. The van der Waals surface area contributed by atoms with Crippen molar-refractivity contribution in [3.05, 3.63) is 39.6 Å². The fourth-order valence-corrected chi connectivity index (χ4v) is 2.73. The molecule has 17 heavy (non-hydrogen) atoms. The van der Waals surface area contributed by atoms with E-state index in [0.717, 1.165) is 10.2 Å². The topological polar surface area (TPSA) is 38.9 Å². The molecule has 0 aliphatic rings. The Kier molecular flexibility index (Phi) is 3.91. The minimum atomic E-state index is -0.255. The number of nitrogens with two attached hydrogens (primary N) is 1. The van der Waals surface area contributed by atoms with Gasteiger partial charge >= 0.3 is 0 Å². The van der Waals surface area contributed by atoms with Gasteiger partial charge < -0.3 is 5.73 Å². The molecular formula is C12H12BrFN2S. The molecule has 0 amide bonds. The number of benzene rings is 1. The van der Waals surface area contributed by atoms with E-state index in [4.69, 9.17) is 5.73 Å². The molecule has 5 heteroatoms. The standard InChI is InChI=1S/C12H12BrFN2S/c1-7(15)4-9-6-17-12(16-9)10-5-8(13)2-3-11(10)14/h2-3,5-7H,4,15H2,1H3. The monoisotopic (exact) mass is 314 g/mol. The Hall–Kier alpha value is -0.780. The first-order chi connectivity index (χ1) is 8.06. The number of rotatable bonds is 3. The molecule has 2 aromatic rings. The molecule has 0 radical (unpaired) electrons. The van der Waals surface area contributed by atoms with Crippen LogP contribution < -0.4 is 5.73 Å². The molecule has 0 aliphatic heterocycles. The van der Waals surface area contributed by atoms with Crippen molar-refractivity contribution in [2.24, 2.45) is 5.73 Å². The number of thiazole rings is 1. The molecule has 0 spiro atoms. The van der Waals surface area contributed by atoms with Crippen molar-refractivity contribution < 1.29 is 4.39 Å². The summed E-state index contributed by atoms with van der Waals surface area (Å²) in [5.74, 6) is -0.255. The predicted molar refractivity (Wildman–Crippen MR) is 72.6 cm³/mol. The van der Waals surface area contributed by atoms with E-state index in [-0.39, 0.29) is 11.9 Å². The van der Waals surface area contributed by atoms with E-state index in [9.17, 15) is 4.39 Å². The van der Waals surface area contributed by atoms with Crippen LogP contribution in [0.15, 0.2) is 28.1 Å². The van der Waals surface area contributed by atoms with Crippen molar-refractivity contribution in [2.75, 3.05) is 0 Å². The molecule has 1 aromatic heterocycles. The summed E-state index contributed by atoms with van der Waals surface area (Å²) in [5, 5.41) is 2.62. The van der Waals surface area contributed by atoms with E-state index >= 15 is 0 Å². The van der Waals surface area contributed by atoms with Crippen molar-refractivity contribution in [3.63, 3.8) is 0 Å². The molecule has 1 atom stereocenters. The number of nitrogens with zero attached hydrogens (tertiary/aromatic N) is 1. The number of aromatic nitrogens is 1. The Labute approximate surface area is 112 Å². The van der Waals surface area contributed by atoms with E-state index < -0.39 is 0 Å². The summed E-state index contributed by atoms with van der Waals surface area (Å²) in [6.07, 6.45) is 0.714. The molecule has 2 N–H and O–H groups in total. The lowest BCUT2D eigenvalue weighted by atomic mass is 10.2. The van der Waals surface area contributed by atoms with Gasteiger partial charge in [-0.15, -0.1) is 11.3 Å². The van der Waals surface area contributed by atoms with Gasteiger partial charge in [-0.3, -0.25) is 0 Å². The maximum absolute atomic E-state index is 13.6. The Bertz CT molecular complexity index is 525. The van der Waals surface area contributed by atoms with E-state index in [1.54, 1.807) is 12.1 Å². The summed E-state index contributed by atoms with van der Waals surface area (Å²) in [4.78, 5) is 4.40. The van der Waals surface area contributed by atoms with Crippen molar-refractivity contribution in [2.45, 2.75) is 19.4 Å². The van der Waals surface area contributed by atoms with Gasteiger partial charge in [0.2, 0.25) is 0 Å². The fourth-order valence-electron chi connectivity index (χ4n) is 1.52. The highest BCUT2D eigenvalue weighted by Crippen LogP contribution is 2.29. The highest BCUT2D eigenvalue weighted by Gasteiger charge is 2.11.